The molecule has 1 aromatic carbocycles. The van der Waals surface area contributed by atoms with Gasteiger partial charge in [-0.1, -0.05) is 45.0 Å². The zero-order valence-electron chi connectivity index (χ0n) is 18.9. The molecule has 0 amide bonds. The highest BCUT2D eigenvalue weighted by atomic mass is 16.6. The van der Waals surface area contributed by atoms with E-state index in [1.165, 1.54) is 5.56 Å². The predicted octanol–water partition coefficient (Wildman–Crippen LogP) is 5.12. The molecule has 0 unspecified atom stereocenters. The molecule has 0 saturated heterocycles. The molecule has 1 heterocycles. The van der Waals surface area contributed by atoms with E-state index < -0.39 is 5.97 Å². The van der Waals surface area contributed by atoms with E-state index in [2.05, 4.69) is 50.0 Å². The summed E-state index contributed by atoms with van der Waals surface area (Å²) in [7, 11) is 0. The molecular formula is C25H33NO4. The Bertz CT molecular complexity index is 916. The largest absolute Gasteiger partial charge is 0.459 e. The first-order valence-electron chi connectivity index (χ1n) is 10.7. The average Bonchev–Trinajstić information content (AvgIpc) is 3.01. The van der Waals surface area contributed by atoms with Crippen molar-refractivity contribution < 1.29 is 19.1 Å². The lowest BCUT2D eigenvalue weighted by Crippen LogP contribution is -2.19. The van der Waals surface area contributed by atoms with Gasteiger partial charge in [-0.3, -0.25) is 4.79 Å². The molecule has 1 aliphatic carbocycles. The highest BCUT2D eigenvalue weighted by Gasteiger charge is 2.32. The van der Waals surface area contributed by atoms with E-state index in [0.717, 1.165) is 11.3 Å². The molecular weight excluding hydrogens is 378 g/mol. The maximum absolute atomic E-state index is 12.9. The number of aromatic nitrogens is 1. The van der Waals surface area contributed by atoms with Crippen LogP contribution < -0.4 is 0 Å². The number of esters is 1. The van der Waals surface area contributed by atoms with E-state index in [0.29, 0.717) is 36.3 Å². The lowest BCUT2D eigenvalue weighted by molar-refractivity contribution is 0.0172. The molecule has 0 spiro atoms. The Kier molecular flexibility index (Phi) is 6.51. The molecule has 1 N–H and O–H groups in total. The standard InChI is InChI=1S/C25H33NO4/c1-15(2)29-11-12-30-24(28)23-16(3)22-20(26-23)13-18(14-21(22)27)17-7-9-19(10-8-17)25(4,5)6/h7-10,15,18,26H,11-14H2,1-6H3/t18-/m0/s1. The van der Waals surface area contributed by atoms with Crippen molar-refractivity contribution in [3.8, 4) is 0 Å². The zero-order chi connectivity index (χ0) is 22.1. The lowest BCUT2D eigenvalue weighted by atomic mass is 9.80. The van der Waals surface area contributed by atoms with Crippen LogP contribution in [0.25, 0.3) is 0 Å². The number of nitrogens with one attached hydrogen (secondary N) is 1. The van der Waals surface area contributed by atoms with Gasteiger partial charge in [0.05, 0.1) is 12.7 Å². The topological polar surface area (TPSA) is 68.4 Å². The third-order valence-corrected chi connectivity index (χ3v) is 5.71. The number of rotatable bonds is 6. The number of carbonyl (C=O) groups is 2. The van der Waals surface area contributed by atoms with Crippen molar-refractivity contribution in [1.82, 2.24) is 4.98 Å². The summed E-state index contributed by atoms with van der Waals surface area (Å²) >= 11 is 0. The van der Waals surface area contributed by atoms with E-state index in [4.69, 9.17) is 9.47 Å². The Morgan fingerprint density at radius 2 is 1.80 bits per heavy atom. The summed E-state index contributed by atoms with van der Waals surface area (Å²) in [6, 6.07) is 8.56. The van der Waals surface area contributed by atoms with Crippen LogP contribution in [0.4, 0.5) is 0 Å². The number of fused-ring (bicyclic) bond motifs is 1. The van der Waals surface area contributed by atoms with Gasteiger partial charge in [-0.15, -0.1) is 0 Å². The normalized spacial score (nSPS) is 16.6. The molecule has 5 nitrogen and oxygen atoms in total. The molecule has 3 rings (SSSR count). The molecule has 0 fully saturated rings. The van der Waals surface area contributed by atoms with Crippen molar-refractivity contribution in [3.05, 3.63) is 57.9 Å². The summed E-state index contributed by atoms with van der Waals surface area (Å²) in [5.74, 6) is -0.245. The van der Waals surface area contributed by atoms with Gasteiger partial charge in [-0.25, -0.2) is 4.79 Å². The third kappa shape index (κ3) is 4.84. The van der Waals surface area contributed by atoms with Gasteiger partial charge in [0, 0.05) is 17.7 Å². The van der Waals surface area contributed by atoms with Crippen molar-refractivity contribution in [2.75, 3.05) is 13.2 Å². The highest BCUT2D eigenvalue weighted by molar-refractivity contribution is 6.03. The summed E-state index contributed by atoms with van der Waals surface area (Å²) in [6.45, 7) is 12.8. The van der Waals surface area contributed by atoms with Crippen molar-refractivity contribution in [2.45, 2.75) is 71.8 Å². The molecule has 5 heteroatoms. The second-order valence-corrected chi connectivity index (χ2v) is 9.43. The van der Waals surface area contributed by atoms with Gasteiger partial charge < -0.3 is 14.5 Å². The summed E-state index contributed by atoms with van der Waals surface area (Å²) in [6.07, 6.45) is 1.26. The minimum absolute atomic E-state index is 0.0806. The van der Waals surface area contributed by atoms with Gasteiger partial charge in [0.1, 0.15) is 12.3 Å². The third-order valence-electron chi connectivity index (χ3n) is 5.71. The van der Waals surface area contributed by atoms with E-state index in [1.54, 1.807) is 0 Å². The Hall–Kier alpha value is -2.40. The molecule has 0 aliphatic heterocycles. The number of benzene rings is 1. The summed E-state index contributed by atoms with van der Waals surface area (Å²) < 4.78 is 10.7. The molecule has 30 heavy (non-hydrogen) atoms. The van der Waals surface area contributed by atoms with Crippen LogP contribution in [0.2, 0.25) is 0 Å². The van der Waals surface area contributed by atoms with Gasteiger partial charge in [0.25, 0.3) is 0 Å². The van der Waals surface area contributed by atoms with E-state index in [1.807, 2.05) is 20.8 Å². The Balaban J connectivity index is 1.75. The monoisotopic (exact) mass is 411 g/mol. The van der Waals surface area contributed by atoms with Crippen LogP contribution in [0.15, 0.2) is 24.3 Å². The Morgan fingerprint density at radius 3 is 2.40 bits per heavy atom. The maximum atomic E-state index is 12.9. The van der Waals surface area contributed by atoms with E-state index >= 15 is 0 Å². The molecule has 162 valence electrons. The highest BCUT2D eigenvalue weighted by Crippen LogP contribution is 2.36. The van der Waals surface area contributed by atoms with Crippen LogP contribution in [0.1, 0.15) is 90.2 Å². The number of ketones is 1. The first-order chi connectivity index (χ1) is 14.1. The van der Waals surface area contributed by atoms with Crippen molar-refractivity contribution in [2.24, 2.45) is 0 Å². The summed E-state index contributed by atoms with van der Waals surface area (Å²) in [5, 5.41) is 0. The fourth-order valence-electron chi connectivity index (χ4n) is 4.02. The summed E-state index contributed by atoms with van der Waals surface area (Å²) in [4.78, 5) is 28.6. The number of ether oxygens (including phenoxy) is 2. The molecule has 1 aliphatic rings. The van der Waals surface area contributed by atoms with E-state index in [9.17, 15) is 9.59 Å². The SMILES string of the molecule is Cc1c(C(=O)OCCOC(C)C)[nH]c2c1C(=O)C[C@@H](c1ccc(C(C)(C)C)cc1)C2. The number of hydrogen-bond donors (Lipinski definition) is 1. The van der Waals surface area contributed by atoms with E-state index in [-0.39, 0.29) is 29.8 Å². The predicted molar refractivity (Wildman–Crippen MR) is 117 cm³/mol. The van der Waals surface area contributed by atoms with Gasteiger partial charge in [-0.05, 0) is 55.2 Å². The summed E-state index contributed by atoms with van der Waals surface area (Å²) in [5.41, 5.74) is 5.08. The van der Waals surface area contributed by atoms with Crippen LogP contribution in [-0.4, -0.2) is 36.1 Å². The van der Waals surface area contributed by atoms with Gasteiger partial charge in [-0.2, -0.15) is 0 Å². The lowest BCUT2D eigenvalue weighted by Gasteiger charge is -2.24. The van der Waals surface area contributed by atoms with Gasteiger partial charge in [0.15, 0.2) is 5.78 Å². The van der Waals surface area contributed by atoms with Gasteiger partial charge >= 0.3 is 5.97 Å². The minimum atomic E-state index is -0.437. The van der Waals surface area contributed by atoms with Gasteiger partial charge in [0.2, 0.25) is 0 Å². The van der Waals surface area contributed by atoms with Crippen molar-refractivity contribution >= 4 is 11.8 Å². The van der Waals surface area contributed by atoms with Crippen LogP contribution in [0, 0.1) is 6.92 Å². The zero-order valence-corrected chi connectivity index (χ0v) is 18.9. The molecule has 0 saturated carbocycles. The number of aromatic amines is 1. The average molecular weight is 412 g/mol. The van der Waals surface area contributed by atoms with Crippen LogP contribution in [0.3, 0.4) is 0 Å². The molecule has 1 aromatic heterocycles. The maximum Gasteiger partial charge on any atom is 0.355 e. The molecule has 2 aromatic rings. The smallest absolute Gasteiger partial charge is 0.355 e. The number of H-pyrrole nitrogens is 1. The van der Waals surface area contributed by atoms with Crippen LogP contribution >= 0.6 is 0 Å². The molecule has 0 radical (unpaired) electrons. The molecule has 0 bridgehead atoms. The second kappa shape index (κ2) is 8.76. The van der Waals surface area contributed by atoms with Crippen molar-refractivity contribution in [3.63, 3.8) is 0 Å². The molecule has 1 atom stereocenters. The first kappa shape index (κ1) is 22.3. The fourth-order valence-corrected chi connectivity index (χ4v) is 4.02. The second-order valence-electron chi connectivity index (χ2n) is 9.43. The number of hydrogen-bond acceptors (Lipinski definition) is 4. The Morgan fingerprint density at radius 1 is 1.13 bits per heavy atom. The van der Waals surface area contributed by atoms with Crippen LogP contribution in [-0.2, 0) is 21.3 Å². The first-order valence-corrected chi connectivity index (χ1v) is 10.7. The van der Waals surface area contributed by atoms with Crippen molar-refractivity contribution in [1.29, 1.82) is 0 Å². The van der Waals surface area contributed by atoms with Crippen LogP contribution in [0.5, 0.6) is 0 Å². The number of Topliss-reactive ketones (excluding diaryl/α,β-unsaturated/α-hetero) is 1. The fraction of sp³-hybridized carbons (Fsp3) is 0.520. The minimum Gasteiger partial charge on any atom is -0.459 e. The Labute approximate surface area is 179 Å². The quantitative estimate of drug-likeness (QED) is 0.529. The number of carbonyl (C=O) groups excluding carboxylic acids is 2.